The van der Waals surface area contributed by atoms with Crippen molar-refractivity contribution in [2.75, 3.05) is 36.2 Å². The quantitative estimate of drug-likeness (QED) is 0.868. The summed E-state index contributed by atoms with van der Waals surface area (Å²) in [5.41, 5.74) is 0.498. The van der Waals surface area contributed by atoms with Crippen LogP contribution in [-0.2, 0) is 14.3 Å². The first-order valence-electron chi connectivity index (χ1n) is 6.85. The number of rotatable bonds is 2. The third-order valence-corrected chi connectivity index (χ3v) is 4.75. The SMILES string of the molecule is CNC(=O)[C@H]1CN(c2cc(F)c3c(c2)SCC(=O)N3C)C(=O)O1. The van der Waals surface area contributed by atoms with Gasteiger partial charge in [0.1, 0.15) is 5.82 Å². The van der Waals surface area contributed by atoms with Crippen LogP contribution in [0.2, 0.25) is 0 Å². The number of nitrogens with zero attached hydrogens (tertiary/aromatic N) is 2. The molecule has 3 amide bonds. The number of ether oxygens (including phenoxy) is 1. The second-order valence-electron chi connectivity index (χ2n) is 5.11. The predicted octanol–water partition coefficient (Wildman–Crippen LogP) is 0.965. The van der Waals surface area contributed by atoms with Gasteiger partial charge in [0.2, 0.25) is 5.91 Å². The number of likely N-dealkylation sites (N-methyl/N-ethyl adjacent to an activating group) is 1. The van der Waals surface area contributed by atoms with Crippen molar-refractivity contribution in [2.45, 2.75) is 11.0 Å². The van der Waals surface area contributed by atoms with Crippen molar-refractivity contribution >= 4 is 41.0 Å². The van der Waals surface area contributed by atoms with E-state index < -0.39 is 23.9 Å². The summed E-state index contributed by atoms with van der Waals surface area (Å²) >= 11 is 1.21. The van der Waals surface area contributed by atoms with Gasteiger partial charge in [0, 0.05) is 19.0 Å². The normalized spacial score (nSPS) is 20.4. The summed E-state index contributed by atoms with van der Waals surface area (Å²) in [6.45, 7) is 0.0101. The molecule has 1 saturated heterocycles. The van der Waals surface area contributed by atoms with Crippen molar-refractivity contribution in [3.8, 4) is 0 Å². The van der Waals surface area contributed by atoms with Crippen molar-refractivity contribution in [1.29, 1.82) is 0 Å². The highest BCUT2D eigenvalue weighted by Gasteiger charge is 2.37. The van der Waals surface area contributed by atoms with Crippen molar-refractivity contribution in [2.24, 2.45) is 0 Å². The Morgan fingerprint density at radius 2 is 2.17 bits per heavy atom. The van der Waals surface area contributed by atoms with Gasteiger partial charge in [-0.05, 0) is 12.1 Å². The lowest BCUT2D eigenvalue weighted by Gasteiger charge is -2.27. The van der Waals surface area contributed by atoms with E-state index in [0.29, 0.717) is 10.6 Å². The van der Waals surface area contributed by atoms with Crippen LogP contribution in [0.4, 0.5) is 20.6 Å². The Morgan fingerprint density at radius 1 is 1.43 bits per heavy atom. The van der Waals surface area contributed by atoms with Gasteiger partial charge in [-0.1, -0.05) is 0 Å². The van der Waals surface area contributed by atoms with Crippen LogP contribution >= 0.6 is 11.8 Å². The first kappa shape index (κ1) is 15.6. The van der Waals surface area contributed by atoms with Gasteiger partial charge in [-0.15, -0.1) is 11.8 Å². The topological polar surface area (TPSA) is 79.0 Å². The van der Waals surface area contributed by atoms with E-state index in [1.165, 1.54) is 41.7 Å². The Bertz CT molecular complexity index is 712. The molecule has 122 valence electrons. The molecule has 2 heterocycles. The van der Waals surface area contributed by atoms with Crippen molar-refractivity contribution in [3.63, 3.8) is 0 Å². The van der Waals surface area contributed by atoms with Gasteiger partial charge in [-0.2, -0.15) is 0 Å². The lowest BCUT2D eigenvalue weighted by Crippen LogP contribution is -2.35. The Morgan fingerprint density at radius 3 is 2.87 bits per heavy atom. The zero-order valence-corrected chi connectivity index (χ0v) is 13.3. The minimum atomic E-state index is -0.927. The van der Waals surface area contributed by atoms with Gasteiger partial charge in [0.15, 0.2) is 6.10 Å². The first-order chi connectivity index (χ1) is 10.9. The number of cyclic esters (lactones) is 1. The molecular weight excluding hydrogens is 325 g/mol. The van der Waals surface area contributed by atoms with Crippen molar-refractivity contribution in [3.05, 3.63) is 17.9 Å². The minimum absolute atomic E-state index is 0.0101. The number of carbonyl (C=O) groups is 3. The van der Waals surface area contributed by atoms with Crippen LogP contribution in [0.1, 0.15) is 0 Å². The maximum absolute atomic E-state index is 14.4. The molecule has 1 N–H and O–H groups in total. The molecular formula is C14H14FN3O4S. The number of hydrogen-bond acceptors (Lipinski definition) is 5. The van der Waals surface area contributed by atoms with Crippen molar-refractivity contribution < 1.29 is 23.5 Å². The van der Waals surface area contributed by atoms with Crippen LogP contribution in [-0.4, -0.2) is 50.4 Å². The average molecular weight is 339 g/mol. The van der Waals surface area contributed by atoms with Gasteiger partial charge in [-0.25, -0.2) is 9.18 Å². The lowest BCUT2D eigenvalue weighted by molar-refractivity contribution is -0.127. The summed E-state index contributed by atoms with van der Waals surface area (Å²) in [5.74, 6) is -0.998. The molecule has 2 aliphatic heterocycles. The summed E-state index contributed by atoms with van der Waals surface area (Å²) in [6, 6.07) is 2.79. The van der Waals surface area contributed by atoms with Gasteiger partial charge < -0.3 is 15.0 Å². The second-order valence-corrected chi connectivity index (χ2v) is 6.13. The fourth-order valence-corrected chi connectivity index (χ4v) is 3.53. The van der Waals surface area contributed by atoms with Gasteiger partial charge >= 0.3 is 6.09 Å². The molecule has 2 aliphatic rings. The van der Waals surface area contributed by atoms with Crippen LogP contribution in [0.25, 0.3) is 0 Å². The molecule has 0 radical (unpaired) electrons. The van der Waals surface area contributed by atoms with E-state index in [2.05, 4.69) is 5.32 Å². The standard InChI is InChI=1S/C14H14FN3O4S/c1-16-13(20)9-5-18(14(21)22-9)7-3-8(15)12-10(4-7)23-6-11(19)17(12)2/h3-4,9H,5-6H2,1-2H3,(H,16,20)/t9-/m1/s1. The Balaban J connectivity index is 1.93. The highest BCUT2D eigenvalue weighted by molar-refractivity contribution is 8.00. The van der Waals surface area contributed by atoms with E-state index in [9.17, 15) is 18.8 Å². The lowest BCUT2D eigenvalue weighted by atomic mass is 10.2. The number of fused-ring (bicyclic) bond motifs is 1. The molecule has 0 aromatic heterocycles. The molecule has 0 bridgehead atoms. The Hall–Kier alpha value is -2.29. The summed E-state index contributed by atoms with van der Waals surface area (Å²) < 4.78 is 19.4. The predicted molar refractivity (Wildman–Crippen MR) is 82.2 cm³/mol. The number of halogens is 1. The first-order valence-corrected chi connectivity index (χ1v) is 7.83. The van der Waals surface area contributed by atoms with E-state index in [-0.39, 0.29) is 23.9 Å². The number of carbonyl (C=O) groups excluding carboxylic acids is 3. The maximum Gasteiger partial charge on any atom is 0.415 e. The van der Waals surface area contributed by atoms with Crippen LogP contribution < -0.4 is 15.1 Å². The van der Waals surface area contributed by atoms with Crippen LogP contribution in [0, 0.1) is 5.82 Å². The summed E-state index contributed by atoms with van der Waals surface area (Å²) in [7, 11) is 2.95. The molecule has 0 saturated carbocycles. The molecule has 1 aromatic rings. The van der Waals surface area contributed by atoms with Crippen LogP contribution in [0.3, 0.4) is 0 Å². The van der Waals surface area contributed by atoms with E-state index in [1.807, 2.05) is 0 Å². The molecule has 1 fully saturated rings. The second kappa shape index (κ2) is 5.73. The van der Waals surface area contributed by atoms with Gasteiger partial charge in [0.05, 0.1) is 23.7 Å². The molecule has 7 nitrogen and oxygen atoms in total. The number of thioether (sulfide) groups is 1. The highest BCUT2D eigenvalue weighted by Crippen LogP contribution is 2.40. The zero-order chi connectivity index (χ0) is 16.7. The summed E-state index contributed by atoms with van der Waals surface area (Å²) in [6.07, 6.45) is -1.63. The number of amides is 3. The Kier molecular flexibility index (Phi) is 3.88. The summed E-state index contributed by atoms with van der Waals surface area (Å²) in [5, 5.41) is 2.41. The smallest absolute Gasteiger partial charge is 0.415 e. The average Bonchev–Trinajstić information content (AvgIpc) is 2.91. The molecule has 0 unspecified atom stereocenters. The van der Waals surface area contributed by atoms with E-state index in [4.69, 9.17) is 4.74 Å². The zero-order valence-electron chi connectivity index (χ0n) is 12.5. The number of benzene rings is 1. The van der Waals surface area contributed by atoms with Crippen LogP contribution in [0.15, 0.2) is 17.0 Å². The van der Waals surface area contributed by atoms with E-state index in [0.717, 1.165) is 0 Å². The number of anilines is 2. The fraction of sp³-hybridized carbons (Fsp3) is 0.357. The van der Waals surface area contributed by atoms with E-state index in [1.54, 1.807) is 6.07 Å². The molecule has 3 rings (SSSR count). The molecule has 1 aromatic carbocycles. The molecule has 0 spiro atoms. The maximum atomic E-state index is 14.4. The van der Waals surface area contributed by atoms with Crippen molar-refractivity contribution in [1.82, 2.24) is 5.32 Å². The molecule has 1 atom stereocenters. The third-order valence-electron chi connectivity index (χ3n) is 3.74. The third kappa shape index (κ3) is 2.61. The molecule has 0 aliphatic carbocycles. The number of nitrogens with one attached hydrogen (secondary N) is 1. The van der Waals surface area contributed by atoms with Gasteiger partial charge in [0.25, 0.3) is 5.91 Å². The number of hydrogen-bond donors (Lipinski definition) is 1. The molecule has 23 heavy (non-hydrogen) atoms. The largest absolute Gasteiger partial charge is 0.434 e. The molecule has 9 heteroatoms. The highest BCUT2D eigenvalue weighted by atomic mass is 32.2. The Labute approximate surface area is 135 Å². The van der Waals surface area contributed by atoms with Gasteiger partial charge in [-0.3, -0.25) is 14.5 Å². The monoisotopic (exact) mass is 339 g/mol. The minimum Gasteiger partial charge on any atom is -0.434 e. The fourth-order valence-electron chi connectivity index (χ4n) is 2.48. The summed E-state index contributed by atoms with van der Waals surface area (Å²) in [4.78, 5) is 38.2. The van der Waals surface area contributed by atoms with E-state index >= 15 is 0 Å². The van der Waals surface area contributed by atoms with Crippen LogP contribution in [0.5, 0.6) is 0 Å².